The van der Waals surface area contributed by atoms with Gasteiger partial charge < -0.3 is 10.6 Å². The van der Waals surface area contributed by atoms with E-state index in [-0.39, 0.29) is 18.1 Å². The van der Waals surface area contributed by atoms with E-state index in [4.69, 9.17) is 23.2 Å². The first-order chi connectivity index (χ1) is 12.5. The third kappa shape index (κ3) is 4.28. The molecule has 0 unspecified atom stereocenters. The van der Waals surface area contributed by atoms with E-state index in [9.17, 15) is 9.18 Å². The van der Waals surface area contributed by atoms with Crippen LogP contribution in [0.4, 0.5) is 15.9 Å². The first kappa shape index (κ1) is 18.1. The molecule has 0 aliphatic carbocycles. The highest BCUT2D eigenvalue weighted by molar-refractivity contribution is 6.43. The van der Waals surface area contributed by atoms with Crippen molar-refractivity contribution in [1.29, 1.82) is 0 Å². The van der Waals surface area contributed by atoms with Gasteiger partial charge in [-0.1, -0.05) is 47.5 Å². The quantitative estimate of drug-likeness (QED) is 0.668. The van der Waals surface area contributed by atoms with Crippen LogP contribution in [0, 0.1) is 5.82 Å². The summed E-state index contributed by atoms with van der Waals surface area (Å²) in [7, 11) is 0. The average Bonchev–Trinajstić information content (AvgIpc) is 2.65. The number of nitrogens with zero attached hydrogens (tertiary/aromatic N) is 2. The molecule has 0 radical (unpaired) electrons. The lowest BCUT2D eigenvalue weighted by Crippen LogP contribution is -2.24. The monoisotopic (exact) mass is 390 g/mol. The third-order valence-corrected chi connectivity index (χ3v) is 4.31. The molecular weight excluding hydrogens is 378 g/mol. The van der Waals surface area contributed by atoms with Gasteiger partial charge in [-0.25, -0.2) is 14.4 Å². The largest absolute Gasteiger partial charge is 0.346 e. The maximum atomic E-state index is 13.6. The Hall–Kier alpha value is -2.70. The lowest BCUT2D eigenvalue weighted by Gasteiger charge is -2.09. The standard InChI is InChI=1S/C18H13Cl2FN4O/c19-12-5-3-7-14(17(12)20)25-16-10-22-15(9-23-16)18(26)24-8-11-4-1-2-6-13(11)21/h1-7,9-10H,8H2,(H,23,25)(H,24,26). The van der Waals surface area contributed by atoms with Gasteiger partial charge in [-0.2, -0.15) is 0 Å². The molecular formula is C18H13Cl2FN4O. The molecule has 1 amide bonds. The van der Waals surface area contributed by atoms with Crippen molar-refractivity contribution in [3.05, 3.63) is 82.0 Å². The molecule has 0 saturated carbocycles. The van der Waals surface area contributed by atoms with Crippen molar-refractivity contribution < 1.29 is 9.18 Å². The lowest BCUT2D eigenvalue weighted by molar-refractivity contribution is 0.0945. The molecule has 2 N–H and O–H groups in total. The van der Waals surface area contributed by atoms with E-state index in [2.05, 4.69) is 20.6 Å². The maximum Gasteiger partial charge on any atom is 0.271 e. The van der Waals surface area contributed by atoms with Gasteiger partial charge in [-0.15, -0.1) is 0 Å². The molecule has 3 aromatic rings. The van der Waals surface area contributed by atoms with Crippen LogP contribution in [0.25, 0.3) is 0 Å². The van der Waals surface area contributed by atoms with Crippen LogP contribution in [-0.2, 0) is 6.54 Å². The molecule has 2 aromatic carbocycles. The predicted octanol–water partition coefficient (Wildman–Crippen LogP) is 4.60. The molecule has 0 aliphatic rings. The van der Waals surface area contributed by atoms with E-state index in [1.165, 1.54) is 18.5 Å². The topological polar surface area (TPSA) is 66.9 Å². The zero-order chi connectivity index (χ0) is 18.5. The Labute approximate surface area is 159 Å². The summed E-state index contributed by atoms with van der Waals surface area (Å²) in [5.41, 5.74) is 1.08. The molecule has 0 spiro atoms. The maximum absolute atomic E-state index is 13.6. The van der Waals surface area contributed by atoms with Crippen LogP contribution in [0.1, 0.15) is 16.1 Å². The molecule has 26 heavy (non-hydrogen) atoms. The average molecular weight is 391 g/mol. The Morgan fingerprint density at radius 1 is 1.04 bits per heavy atom. The van der Waals surface area contributed by atoms with E-state index < -0.39 is 5.91 Å². The van der Waals surface area contributed by atoms with Gasteiger partial charge in [0.1, 0.15) is 17.3 Å². The van der Waals surface area contributed by atoms with Gasteiger partial charge in [-0.05, 0) is 18.2 Å². The minimum Gasteiger partial charge on any atom is -0.346 e. The number of hydrogen-bond acceptors (Lipinski definition) is 4. The Morgan fingerprint density at radius 3 is 2.58 bits per heavy atom. The summed E-state index contributed by atoms with van der Waals surface area (Å²) in [6.07, 6.45) is 2.71. The number of halogens is 3. The van der Waals surface area contributed by atoms with Crippen molar-refractivity contribution in [2.45, 2.75) is 6.54 Å². The summed E-state index contributed by atoms with van der Waals surface area (Å²) >= 11 is 12.1. The Bertz CT molecular complexity index is 935. The minimum atomic E-state index is -0.451. The van der Waals surface area contributed by atoms with Crippen molar-refractivity contribution in [2.24, 2.45) is 0 Å². The van der Waals surface area contributed by atoms with Gasteiger partial charge >= 0.3 is 0 Å². The van der Waals surface area contributed by atoms with Crippen molar-refractivity contribution in [1.82, 2.24) is 15.3 Å². The molecule has 0 aliphatic heterocycles. The number of carbonyl (C=O) groups is 1. The lowest BCUT2D eigenvalue weighted by atomic mass is 10.2. The summed E-state index contributed by atoms with van der Waals surface area (Å²) in [6, 6.07) is 11.4. The van der Waals surface area contributed by atoms with Gasteiger partial charge in [0, 0.05) is 12.1 Å². The Balaban J connectivity index is 1.64. The van der Waals surface area contributed by atoms with Crippen LogP contribution in [0.15, 0.2) is 54.9 Å². The normalized spacial score (nSPS) is 10.4. The summed E-state index contributed by atoms with van der Waals surface area (Å²) in [5, 5.41) is 6.35. The number of amides is 1. The van der Waals surface area contributed by atoms with E-state index in [0.29, 0.717) is 27.1 Å². The zero-order valence-corrected chi connectivity index (χ0v) is 14.9. The summed E-state index contributed by atoms with van der Waals surface area (Å²) in [5.74, 6) is -0.426. The van der Waals surface area contributed by atoms with Crippen molar-refractivity contribution >= 4 is 40.6 Å². The van der Waals surface area contributed by atoms with Crippen molar-refractivity contribution in [3.8, 4) is 0 Å². The van der Waals surface area contributed by atoms with Crippen LogP contribution in [0.2, 0.25) is 10.0 Å². The molecule has 8 heteroatoms. The second-order valence-corrected chi connectivity index (χ2v) is 6.07. The number of benzene rings is 2. The summed E-state index contributed by atoms with van der Waals surface area (Å²) in [6.45, 7) is 0.0608. The molecule has 0 bridgehead atoms. The summed E-state index contributed by atoms with van der Waals surface area (Å²) < 4.78 is 13.6. The predicted molar refractivity (Wildman–Crippen MR) is 99.3 cm³/mol. The highest BCUT2D eigenvalue weighted by atomic mass is 35.5. The highest BCUT2D eigenvalue weighted by Crippen LogP contribution is 2.31. The number of anilines is 2. The van der Waals surface area contributed by atoms with Crippen molar-refractivity contribution in [3.63, 3.8) is 0 Å². The smallest absolute Gasteiger partial charge is 0.271 e. The molecule has 0 fully saturated rings. The van der Waals surface area contributed by atoms with Gasteiger partial charge in [0.15, 0.2) is 0 Å². The van der Waals surface area contributed by atoms with Gasteiger partial charge in [0.25, 0.3) is 5.91 Å². The van der Waals surface area contributed by atoms with E-state index in [0.717, 1.165) is 0 Å². The SMILES string of the molecule is O=C(NCc1ccccc1F)c1cnc(Nc2cccc(Cl)c2Cl)cn1. The first-order valence-corrected chi connectivity index (χ1v) is 8.35. The second kappa shape index (κ2) is 8.12. The first-order valence-electron chi connectivity index (χ1n) is 7.59. The highest BCUT2D eigenvalue weighted by Gasteiger charge is 2.10. The van der Waals surface area contributed by atoms with Gasteiger partial charge in [0.05, 0.1) is 28.1 Å². The molecule has 0 saturated heterocycles. The fraction of sp³-hybridized carbons (Fsp3) is 0.0556. The molecule has 1 heterocycles. The summed E-state index contributed by atoms with van der Waals surface area (Å²) in [4.78, 5) is 20.3. The van der Waals surface area contributed by atoms with Crippen LogP contribution in [0.5, 0.6) is 0 Å². The fourth-order valence-corrected chi connectivity index (χ4v) is 2.50. The fourth-order valence-electron chi connectivity index (χ4n) is 2.16. The van der Waals surface area contributed by atoms with Crippen LogP contribution in [-0.4, -0.2) is 15.9 Å². The van der Waals surface area contributed by atoms with Crippen LogP contribution < -0.4 is 10.6 Å². The molecule has 132 valence electrons. The van der Waals surface area contributed by atoms with E-state index >= 15 is 0 Å². The molecule has 1 aromatic heterocycles. The number of rotatable bonds is 5. The third-order valence-electron chi connectivity index (χ3n) is 3.50. The minimum absolute atomic E-state index is 0.0608. The molecule has 3 rings (SSSR count). The zero-order valence-electron chi connectivity index (χ0n) is 13.3. The molecule has 5 nitrogen and oxygen atoms in total. The number of hydrogen-bond donors (Lipinski definition) is 2. The van der Waals surface area contributed by atoms with Crippen molar-refractivity contribution in [2.75, 3.05) is 5.32 Å². The number of carbonyl (C=O) groups excluding carboxylic acids is 1. The van der Waals surface area contributed by atoms with E-state index in [1.54, 1.807) is 36.4 Å². The molecule has 0 atom stereocenters. The van der Waals surface area contributed by atoms with Gasteiger partial charge in [-0.3, -0.25) is 4.79 Å². The van der Waals surface area contributed by atoms with Gasteiger partial charge in [0.2, 0.25) is 0 Å². The Kier molecular flexibility index (Phi) is 5.65. The number of aromatic nitrogens is 2. The Morgan fingerprint density at radius 2 is 1.85 bits per heavy atom. The van der Waals surface area contributed by atoms with Crippen LogP contribution >= 0.6 is 23.2 Å². The van der Waals surface area contributed by atoms with E-state index in [1.807, 2.05) is 0 Å². The van der Waals surface area contributed by atoms with Crippen LogP contribution in [0.3, 0.4) is 0 Å². The number of nitrogens with one attached hydrogen (secondary N) is 2. The second-order valence-electron chi connectivity index (χ2n) is 5.29.